The van der Waals surface area contributed by atoms with Gasteiger partial charge in [0.15, 0.2) is 5.16 Å². The van der Waals surface area contributed by atoms with Gasteiger partial charge in [0.05, 0.1) is 16.8 Å². The minimum Gasteiger partial charge on any atom is -0.325 e. The normalized spacial score (nSPS) is 12.8. The van der Waals surface area contributed by atoms with E-state index in [9.17, 15) is 9.59 Å². The van der Waals surface area contributed by atoms with Crippen LogP contribution in [0, 0.1) is 6.92 Å². The Hall–Kier alpha value is -2.32. The van der Waals surface area contributed by atoms with Gasteiger partial charge >= 0.3 is 0 Å². The minimum atomic E-state index is -0.198. The molecule has 9 heteroatoms. The Morgan fingerprint density at radius 1 is 1.18 bits per heavy atom. The Labute approximate surface area is 208 Å². The van der Waals surface area contributed by atoms with Gasteiger partial charge in [-0.2, -0.15) is 0 Å². The molecule has 2 aromatic carbocycles. The predicted molar refractivity (Wildman–Crippen MR) is 138 cm³/mol. The fraction of sp³-hybridized carbons (Fsp3) is 0.208. The van der Waals surface area contributed by atoms with Gasteiger partial charge in [-0.1, -0.05) is 41.0 Å². The molecule has 5 rings (SSSR count). The summed E-state index contributed by atoms with van der Waals surface area (Å²) < 4.78 is 1.59. The van der Waals surface area contributed by atoms with Crippen LogP contribution < -0.4 is 10.9 Å². The van der Waals surface area contributed by atoms with E-state index < -0.39 is 0 Å². The van der Waals surface area contributed by atoms with Crippen LogP contribution in [-0.2, 0) is 17.6 Å². The first-order valence-electron chi connectivity index (χ1n) is 10.4. The summed E-state index contributed by atoms with van der Waals surface area (Å²) in [5.74, 6) is -0.0983. The van der Waals surface area contributed by atoms with Crippen LogP contribution in [0.5, 0.6) is 0 Å². The van der Waals surface area contributed by atoms with Crippen molar-refractivity contribution in [3.8, 4) is 5.69 Å². The number of aryl methyl sites for hydroxylation is 2. The van der Waals surface area contributed by atoms with Crippen LogP contribution in [0.25, 0.3) is 15.9 Å². The van der Waals surface area contributed by atoms with Crippen molar-refractivity contribution >= 4 is 68.1 Å². The molecule has 2 aromatic heterocycles. The van der Waals surface area contributed by atoms with E-state index in [4.69, 9.17) is 28.2 Å². The summed E-state index contributed by atoms with van der Waals surface area (Å²) in [4.78, 5) is 33.1. The summed E-state index contributed by atoms with van der Waals surface area (Å²) in [5.41, 5.74) is 3.17. The number of anilines is 1. The number of thioether (sulfide) groups is 1. The maximum atomic E-state index is 13.6. The van der Waals surface area contributed by atoms with E-state index in [1.807, 2.05) is 13.0 Å². The molecule has 0 spiro atoms. The summed E-state index contributed by atoms with van der Waals surface area (Å²) in [7, 11) is 0. The van der Waals surface area contributed by atoms with E-state index in [1.54, 1.807) is 52.3 Å². The standard InChI is InChI=1S/C24H19Cl2N3O2S2/c1-13-17(26)5-3-6-18(13)27-20(30)12-32-24-28-22-21(16-4-2-7-19(16)33-22)23(31)29(24)15-10-8-14(25)9-11-15/h3,5-6,8-11H,2,4,7,12H2,1H3,(H,27,30). The third-order valence-corrected chi connectivity index (χ3v) is 8.45. The Bertz CT molecular complexity index is 1450. The highest BCUT2D eigenvalue weighted by atomic mass is 35.5. The molecule has 0 saturated heterocycles. The lowest BCUT2D eigenvalue weighted by Crippen LogP contribution is -2.23. The molecular formula is C24H19Cl2N3O2S2. The van der Waals surface area contributed by atoms with Crippen LogP contribution in [0.15, 0.2) is 52.4 Å². The van der Waals surface area contributed by atoms with E-state index in [0.29, 0.717) is 32.0 Å². The van der Waals surface area contributed by atoms with Crippen molar-refractivity contribution in [2.45, 2.75) is 31.3 Å². The molecule has 2 heterocycles. The number of hydrogen-bond acceptors (Lipinski definition) is 5. The maximum absolute atomic E-state index is 13.6. The third kappa shape index (κ3) is 4.30. The smallest absolute Gasteiger partial charge is 0.267 e. The number of benzene rings is 2. The number of nitrogens with one attached hydrogen (secondary N) is 1. The number of hydrogen-bond donors (Lipinski definition) is 1. The molecule has 33 heavy (non-hydrogen) atoms. The molecule has 0 atom stereocenters. The Kier molecular flexibility index (Phi) is 6.22. The van der Waals surface area contributed by atoms with Crippen molar-refractivity contribution in [2.75, 3.05) is 11.1 Å². The molecule has 1 N–H and O–H groups in total. The molecule has 168 valence electrons. The number of thiophene rings is 1. The number of nitrogens with zero attached hydrogens (tertiary/aromatic N) is 2. The van der Waals surface area contributed by atoms with Gasteiger partial charge in [-0.05, 0) is 73.7 Å². The monoisotopic (exact) mass is 515 g/mol. The number of fused-ring (bicyclic) bond motifs is 3. The molecule has 4 aromatic rings. The van der Waals surface area contributed by atoms with Gasteiger partial charge in [-0.25, -0.2) is 4.98 Å². The first kappa shape index (κ1) is 22.5. The first-order valence-corrected chi connectivity index (χ1v) is 13.0. The minimum absolute atomic E-state index is 0.0998. The van der Waals surface area contributed by atoms with Crippen molar-refractivity contribution in [1.29, 1.82) is 0 Å². The molecule has 0 fully saturated rings. The molecule has 0 radical (unpaired) electrons. The highest BCUT2D eigenvalue weighted by Gasteiger charge is 2.24. The average molecular weight is 516 g/mol. The second-order valence-electron chi connectivity index (χ2n) is 7.80. The first-order chi connectivity index (χ1) is 15.9. The van der Waals surface area contributed by atoms with E-state index in [-0.39, 0.29) is 17.2 Å². The van der Waals surface area contributed by atoms with Gasteiger partial charge in [0.25, 0.3) is 5.56 Å². The molecular weight excluding hydrogens is 497 g/mol. The summed E-state index contributed by atoms with van der Waals surface area (Å²) in [6, 6.07) is 12.5. The Balaban J connectivity index is 1.51. The predicted octanol–water partition coefficient (Wildman–Crippen LogP) is 6.28. The van der Waals surface area contributed by atoms with Gasteiger partial charge in [0.2, 0.25) is 5.91 Å². The number of amides is 1. The highest BCUT2D eigenvalue weighted by molar-refractivity contribution is 7.99. The topological polar surface area (TPSA) is 64.0 Å². The van der Waals surface area contributed by atoms with Crippen LogP contribution in [0.2, 0.25) is 10.0 Å². The van der Waals surface area contributed by atoms with E-state index in [0.717, 1.165) is 35.2 Å². The lowest BCUT2D eigenvalue weighted by molar-refractivity contribution is -0.113. The molecule has 1 aliphatic carbocycles. The second kappa shape index (κ2) is 9.14. The van der Waals surface area contributed by atoms with Crippen molar-refractivity contribution < 1.29 is 4.79 Å². The van der Waals surface area contributed by atoms with Gasteiger partial charge in [0, 0.05) is 20.6 Å². The summed E-state index contributed by atoms with van der Waals surface area (Å²) in [6.07, 6.45) is 2.96. The molecule has 0 saturated carbocycles. The number of aromatic nitrogens is 2. The molecule has 0 unspecified atom stereocenters. The zero-order valence-electron chi connectivity index (χ0n) is 17.7. The Morgan fingerprint density at radius 3 is 2.76 bits per heavy atom. The molecule has 0 bridgehead atoms. The largest absolute Gasteiger partial charge is 0.325 e. The van der Waals surface area contributed by atoms with Crippen molar-refractivity contribution in [1.82, 2.24) is 9.55 Å². The summed E-state index contributed by atoms with van der Waals surface area (Å²) in [5, 5.41) is 5.25. The summed E-state index contributed by atoms with van der Waals surface area (Å²) >= 11 is 15.1. The zero-order valence-corrected chi connectivity index (χ0v) is 20.8. The third-order valence-electron chi connectivity index (χ3n) is 5.67. The van der Waals surface area contributed by atoms with Gasteiger partial charge in [-0.15, -0.1) is 11.3 Å². The maximum Gasteiger partial charge on any atom is 0.267 e. The van der Waals surface area contributed by atoms with Crippen molar-refractivity contribution in [3.63, 3.8) is 0 Å². The Morgan fingerprint density at radius 2 is 1.97 bits per heavy atom. The number of carbonyl (C=O) groups excluding carboxylic acids is 1. The van der Waals surface area contributed by atoms with Gasteiger partial charge in [0.1, 0.15) is 4.83 Å². The van der Waals surface area contributed by atoms with Crippen LogP contribution in [-0.4, -0.2) is 21.2 Å². The number of carbonyl (C=O) groups is 1. The number of rotatable bonds is 5. The molecule has 0 aliphatic heterocycles. The van der Waals surface area contributed by atoms with E-state index in [2.05, 4.69) is 5.32 Å². The lowest BCUT2D eigenvalue weighted by Gasteiger charge is -2.13. The van der Waals surface area contributed by atoms with Crippen molar-refractivity contribution in [2.24, 2.45) is 0 Å². The van der Waals surface area contributed by atoms with Crippen LogP contribution in [0.3, 0.4) is 0 Å². The van der Waals surface area contributed by atoms with Crippen LogP contribution >= 0.6 is 46.3 Å². The second-order valence-corrected chi connectivity index (χ2v) is 10.7. The average Bonchev–Trinajstić information content (AvgIpc) is 3.37. The van der Waals surface area contributed by atoms with Crippen molar-refractivity contribution in [3.05, 3.63) is 78.9 Å². The van der Waals surface area contributed by atoms with E-state index >= 15 is 0 Å². The van der Waals surface area contributed by atoms with Gasteiger partial charge in [-0.3, -0.25) is 14.2 Å². The molecule has 1 aliphatic rings. The molecule has 5 nitrogen and oxygen atoms in total. The number of halogens is 2. The lowest BCUT2D eigenvalue weighted by atomic mass is 10.2. The summed E-state index contributed by atoms with van der Waals surface area (Å²) in [6.45, 7) is 1.86. The fourth-order valence-corrected chi connectivity index (χ4v) is 6.41. The highest BCUT2D eigenvalue weighted by Crippen LogP contribution is 2.36. The van der Waals surface area contributed by atoms with E-state index in [1.165, 1.54) is 16.6 Å². The fourth-order valence-electron chi connectivity index (χ4n) is 4.00. The van der Waals surface area contributed by atoms with Crippen LogP contribution in [0.4, 0.5) is 5.69 Å². The molecule has 1 amide bonds. The quantitative estimate of drug-likeness (QED) is 0.251. The SMILES string of the molecule is Cc1c(Cl)cccc1NC(=O)CSc1nc2sc3c(c2c(=O)n1-c1ccc(Cl)cc1)CCC3. The van der Waals surface area contributed by atoms with Crippen LogP contribution in [0.1, 0.15) is 22.4 Å². The zero-order chi connectivity index (χ0) is 23.1. The van der Waals surface area contributed by atoms with Gasteiger partial charge < -0.3 is 5.32 Å².